The zero-order chi connectivity index (χ0) is 18.7. The lowest BCUT2D eigenvalue weighted by Gasteiger charge is -2.17. The van der Waals surface area contributed by atoms with E-state index >= 15 is 0 Å². The van der Waals surface area contributed by atoms with Crippen LogP contribution in [0.2, 0.25) is 0 Å². The van der Waals surface area contributed by atoms with Crippen molar-refractivity contribution in [3.8, 4) is 0 Å². The Hall–Kier alpha value is -2.80. The third-order valence-corrected chi connectivity index (χ3v) is 4.14. The summed E-state index contributed by atoms with van der Waals surface area (Å²) in [6.07, 6.45) is -4.22. The van der Waals surface area contributed by atoms with E-state index in [1.54, 1.807) is 6.20 Å². The van der Waals surface area contributed by atoms with Crippen LogP contribution in [0.3, 0.4) is 0 Å². The molecule has 0 aliphatic heterocycles. The summed E-state index contributed by atoms with van der Waals surface area (Å²) >= 11 is 0. The van der Waals surface area contributed by atoms with Gasteiger partial charge in [0.05, 0.1) is 18.1 Å². The number of carbonyl (C=O) groups is 1. The van der Waals surface area contributed by atoms with Crippen molar-refractivity contribution in [3.63, 3.8) is 0 Å². The molecule has 0 saturated heterocycles. The number of benzene rings is 2. The lowest BCUT2D eigenvalue weighted by Crippen LogP contribution is -2.30. The Morgan fingerprint density at radius 3 is 2.58 bits per heavy atom. The van der Waals surface area contributed by atoms with Crippen LogP contribution in [0.25, 0.3) is 10.9 Å². The van der Waals surface area contributed by atoms with E-state index in [9.17, 15) is 23.1 Å². The van der Waals surface area contributed by atoms with Crippen LogP contribution < -0.4 is 5.32 Å². The third-order valence-electron chi connectivity index (χ3n) is 4.14. The van der Waals surface area contributed by atoms with Crippen LogP contribution in [-0.4, -0.2) is 22.5 Å². The monoisotopic (exact) mass is 362 g/mol. The molecule has 3 rings (SSSR count). The number of para-hydroxylation sites is 1. The number of carbonyl (C=O) groups excluding carboxylic acids is 1. The number of aliphatic hydroxyl groups is 1. The van der Waals surface area contributed by atoms with Gasteiger partial charge in [-0.2, -0.15) is 13.2 Å². The van der Waals surface area contributed by atoms with Gasteiger partial charge in [-0.25, -0.2) is 0 Å². The Kier molecular flexibility index (Phi) is 4.99. The van der Waals surface area contributed by atoms with Crippen LogP contribution in [0.1, 0.15) is 22.8 Å². The summed E-state index contributed by atoms with van der Waals surface area (Å²) in [5.74, 6) is -0.377. The molecule has 1 heterocycles. The number of H-pyrrole nitrogens is 1. The molecule has 0 spiro atoms. The highest BCUT2D eigenvalue weighted by Gasteiger charge is 2.34. The smallest absolute Gasteiger partial charge is 0.387 e. The highest BCUT2D eigenvalue weighted by Crippen LogP contribution is 2.34. The molecule has 3 N–H and O–H groups in total. The minimum atomic E-state index is -4.56. The predicted octanol–water partition coefficient (Wildman–Crippen LogP) is 3.58. The maximum atomic E-state index is 13.0. The number of amides is 1. The first-order valence-electron chi connectivity index (χ1n) is 8.02. The number of fused-ring (bicyclic) bond motifs is 1. The van der Waals surface area contributed by atoms with Gasteiger partial charge in [0.25, 0.3) is 0 Å². The molecule has 0 aliphatic carbocycles. The molecule has 0 radical (unpaired) electrons. The van der Waals surface area contributed by atoms with E-state index in [0.717, 1.165) is 22.5 Å². The number of nitrogens with one attached hydrogen (secondary N) is 2. The number of hydrogen-bond donors (Lipinski definition) is 3. The highest BCUT2D eigenvalue weighted by atomic mass is 19.4. The van der Waals surface area contributed by atoms with Crippen LogP contribution >= 0.6 is 0 Å². The minimum absolute atomic E-state index is 0.0671. The fourth-order valence-corrected chi connectivity index (χ4v) is 2.88. The summed E-state index contributed by atoms with van der Waals surface area (Å²) in [7, 11) is 0. The number of aliphatic hydroxyl groups excluding tert-OH is 1. The van der Waals surface area contributed by atoms with Gasteiger partial charge in [0.1, 0.15) is 0 Å². The van der Waals surface area contributed by atoms with E-state index in [1.165, 1.54) is 18.2 Å². The summed E-state index contributed by atoms with van der Waals surface area (Å²) < 4.78 is 39.0. The van der Waals surface area contributed by atoms with Gasteiger partial charge in [-0.3, -0.25) is 4.79 Å². The predicted molar refractivity (Wildman–Crippen MR) is 91.4 cm³/mol. The number of aromatic amines is 1. The lowest BCUT2D eigenvalue weighted by molar-refractivity contribution is -0.139. The molecule has 7 heteroatoms. The zero-order valence-electron chi connectivity index (χ0n) is 13.7. The molecule has 26 heavy (non-hydrogen) atoms. The fraction of sp³-hybridized carbons (Fsp3) is 0.211. The standard InChI is InChI=1S/C19H17F3N2O2/c20-19(21,22)15-7-3-1-6-14(15)17(25)11-24-18(26)9-12-10-23-16-8-4-2-5-13(12)16/h1-8,10,17,23,25H,9,11H2,(H,24,26). The molecule has 1 atom stereocenters. The Balaban J connectivity index is 1.65. The maximum absolute atomic E-state index is 13.0. The Labute approximate surface area is 147 Å². The van der Waals surface area contributed by atoms with Crippen molar-refractivity contribution in [1.82, 2.24) is 10.3 Å². The first kappa shape index (κ1) is 18.0. The van der Waals surface area contributed by atoms with E-state index in [1.807, 2.05) is 24.3 Å². The Morgan fingerprint density at radius 1 is 1.12 bits per heavy atom. The van der Waals surface area contributed by atoms with Crippen LogP contribution in [0.5, 0.6) is 0 Å². The zero-order valence-corrected chi connectivity index (χ0v) is 13.7. The van der Waals surface area contributed by atoms with Crippen molar-refractivity contribution in [2.24, 2.45) is 0 Å². The van der Waals surface area contributed by atoms with Crippen molar-refractivity contribution in [2.45, 2.75) is 18.7 Å². The fourth-order valence-electron chi connectivity index (χ4n) is 2.88. The second kappa shape index (κ2) is 7.21. The number of alkyl halides is 3. The normalized spacial score (nSPS) is 12.9. The van der Waals surface area contributed by atoms with Crippen molar-refractivity contribution in [3.05, 3.63) is 71.4 Å². The molecular formula is C19H17F3N2O2. The maximum Gasteiger partial charge on any atom is 0.416 e. The third kappa shape index (κ3) is 3.88. The highest BCUT2D eigenvalue weighted by molar-refractivity contribution is 5.88. The molecule has 2 aromatic carbocycles. The van der Waals surface area contributed by atoms with Crippen LogP contribution in [0.15, 0.2) is 54.7 Å². The topological polar surface area (TPSA) is 65.1 Å². The molecule has 0 bridgehead atoms. The Bertz CT molecular complexity index is 918. The molecule has 0 fully saturated rings. The van der Waals surface area contributed by atoms with E-state index in [0.29, 0.717) is 0 Å². The van der Waals surface area contributed by atoms with E-state index in [4.69, 9.17) is 0 Å². The SMILES string of the molecule is O=C(Cc1c[nH]c2ccccc12)NCC(O)c1ccccc1C(F)(F)F. The molecular weight excluding hydrogens is 345 g/mol. The van der Waals surface area contributed by atoms with Crippen molar-refractivity contribution >= 4 is 16.8 Å². The van der Waals surface area contributed by atoms with Crippen LogP contribution in [0.4, 0.5) is 13.2 Å². The average molecular weight is 362 g/mol. The number of halogens is 3. The molecule has 0 saturated carbocycles. The number of hydrogen-bond acceptors (Lipinski definition) is 2. The number of aromatic nitrogens is 1. The first-order valence-corrected chi connectivity index (χ1v) is 8.02. The summed E-state index contributed by atoms with van der Waals surface area (Å²) in [4.78, 5) is 15.2. The number of rotatable bonds is 5. The van der Waals surface area contributed by atoms with Gasteiger partial charge in [-0.15, -0.1) is 0 Å². The van der Waals surface area contributed by atoms with Gasteiger partial charge in [-0.1, -0.05) is 36.4 Å². The van der Waals surface area contributed by atoms with Gasteiger partial charge in [-0.05, 0) is 23.3 Å². The molecule has 1 amide bonds. The van der Waals surface area contributed by atoms with E-state index < -0.39 is 17.8 Å². The summed E-state index contributed by atoms with van der Waals surface area (Å²) in [5.41, 5.74) is 0.517. The average Bonchev–Trinajstić information content (AvgIpc) is 3.02. The molecule has 1 unspecified atom stereocenters. The van der Waals surface area contributed by atoms with Gasteiger partial charge in [0.15, 0.2) is 0 Å². The first-order chi connectivity index (χ1) is 12.4. The van der Waals surface area contributed by atoms with Crippen molar-refractivity contribution in [1.29, 1.82) is 0 Å². The second-order valence-corrected chi connectivity index (χ2v) is 5.94. The van der Waals surface area contributed by atoms with E-state index in [-0.39, 0.29) is 24.4 Å². The van der Waals surface area contributed by atoms with Gasteiger partial charge in [0.2, 0.25) is 5.91 Å². The molecule has 4 nitrogen and oxygen atoms in total. The molecule has 136 valence electrons. The molecule has 3 aromatic rings. The summed E-state index contributed by atoms with van der Waals surface area (Å²) in [6.45, 7) is -0.297. The van der Waals surface area contributed by atoms with Crippen LogP contribution in [0, 0.1) is 0 Å². The van der Waals surface area contributed by atoms with Gasteiger partial charge in [0, 0.05) is 23.6 Å². The minimum Gasteiger partial charge on any atom is -0.387 e. The van der Waals surface area contributed by atoms with Gasteiger partial charge >= 0.3 is 6.18 Å². The second-order valence-electron chi connectivity index (χ2n) is 5.94. The lowest BCUT2D eigenvalue weighted by atomic mass is 10.0. The summed E-state index contributed by atoms with van der Waals surface area (Å²) in [5, 5.41) is 13.5. The quantitative estimate of drug-likeness (QED) is 0.650. The van der Waals surface area contributed by atoms with Crippen molar-refractivity contribution in [2.75, 3.05) is 6.54 Å². The summed E-state index contributed by atoms with van der Waals surface area (Å²) in [6, 6.07) is 12.3. The molecule has 0 aliphatic rings. The largest absolute Gasteiger partial charge is 0.416 e. The Morgan fingerprint density at radius 2 is 1.81 bits per heavy atom. The van der Waals surface area contributed by atoms with Gasteiger partial charge < -0.3 is 15.4 Å². The van der Waals surface area contributed by atoms with E-state index in [2.05, 4.69) is 10.3 Å². The van der Waals surface area contributed by atoms with Crippen LogP contribution in [-0.2, 0) is 17.4 Å². The van der Waals surface area contributed by atoms with Crippen molar-refractivity contribution < 1.29 is 23.1 Å². The molecule has 1 aromatic heterocycles.